The number of methoxy groups -OCH3 is 1. The summed E-state index contributed by atoms with van der Waals surface area (Å²) in [6.07, 6.45) is 3.06. The number of pyridine rings is 2. The first-order valence-electron chi connectivity index (χ1n) is 7.33. The molecule has 1 N–H and O–H groups in total. The largest absolute Gasteiger partial charge is 0.481 e. The van der Waals surface area contributed by atoms with E-state index in [0.29, 0.717) is 28.6 Å². The molecule has 0 spiro atoms. The molecule has 7 heteroatoms. The Morgan fingerprint density at radius 1 is 1.33 bits per heavy atom. The van der Waals surface area contributed by atoms with Gasteiger partial charge in [-0.25, -0.2) is 9.97 Å². The molecule has 0 saturated heterocycles. The Kier molecular flexibility index (Phi) is 3.99. The van der Waals surface area contributed by atoms with Crippen LogP contribution >= 0.6 is 0 Å². The number of nitrogens with zero attached hydrogens (tertiary/aromatic N) is 4. The minimum Gasteiger partial charge on any atom is -0.481 e. The van der Waals surface area contributed by atoms with Gasteiger partial charge in [0.2, 0.25) is 11.8 Å². The number of aromatic nitrogens is 4. The number of rotatable bonds is 4. The van der Waals surface area contributed by atoms with Gasteiger partial charge in [-0.15, -0.1) is 0 Å². The monoisotopic (exact) mass is 323 g/mol. The lowest BCUT2D eigenvalue weighted by atomic mass is 10.1. The van der Waals surface area contributed by atoms with E-state index in [9.17, 15) is 4.79 Å². The summed E-state index contributed by atoms with van der Waals surface area (Å²) in [6.45, 7) is 5.61. The topological polar surface area (TPSA) is 81.9 Å². The second-order valence-electron chi connectivity index (χ2n) is 5.12. The highest BCUT2D eigenvalue weighted by Crippen LogP contribution is 2.23. The highest BCUT2D eigenvalue weighted by atomic mass is 16.5. The van der Waals surface area contributed by atoms with Crippen LogP contribution in [0.25, 0.3) is 28.4 Å². The van der Waals surface area contributed by atoms with Crippen LogP contribution in [0.5, 0.6) is 5.88 Å². The average molecular weight is 323 g/mol. The van der Waals surface area contributed by atoms with Crippen LogP contribution in [-0.4, -0.2) is 33.7 Å². The van der Waals surface area contributed by atoms with E-state index in [1.165, 1.54) is 10.8 Å². The summed E-state index contributed by atoms with van der Waals surface area (Å²) in [5.41, 5.74) is 2.25. The van der Waals surface area contributed by atoms with Gasteiger partial charge >= 0.3 is 0 Å². The zero-order valence-corrected chi connectivity index (χ0v) is 13.7. The third-order valence-corrected chi connectivity index (χ3v) is 3.74. The summed E-state index contributed by atoms with van der Waals surface area (Å²) in [5, 5.41) is 3.67. The van der Waals surface area contributed by atoms with E-state index < -0.39 is 0 Å². The number of anilines is 1. The summed E-state index contributed by atoms with van der Waals surface area (Å²) in [7, 11) is 3.27. The molecule has 0 atom stereocenters. The van der Waals surface area contributed by atoms with Gasteiger partial charge in [0.05, 0.1) is 12.8 Å². The molecule has 3 rings (SSSR count). The lowest BCUT2D eigenvalue weighted by Crippen LogP contribution is -2.19. The molecule has 0 radical (unpaired) electrons. The van der Waals surface area contributed by atoms with Crippen molar-refractivity contribution in [2.75, 3.05) is 19.5 Å². The van der Waals surface area contributed by atoms with Crippen LogP contribution in [0.4, 0.5) is 5.95 Å². The van der Waals surface area contributed by atoms with Gasteiger partial charge in [0.25, 0.3) is 5.56 Å². The van der Waals surface area contributed by atoms with Crippen LogP contribution < -0.4 is 15.6 Å². The third kappa shape index (κ3) is 2.50. The maximum Gasteiger partial charge on any atom is 0.264 e. The zero-order chi connectivity index (χ0) is 17.3. The molecule has 3 heterocycles. The van der Waals surface area contributed by atoms with E-state index in [0.717, 1.165) is 11.1 Å². The molecular formula is C17H17N5O2. The van der Waals surface area contributed by atoms with Crippen LogP contribution in [0.1, 0.15) is 5.69 Å². The summed E-state index contributed by atoms with van der Waals surface area (Å²) < 4.78 is 6.48. The van der Waals surface area contributed by atoms with E-state index in [4.69, 9.17) is 4.74 Å². The van der Waals surface area contributed by atoms with Crippen LogP contribution in [-0.2, 0) is 0 Å². The van der Waals surface area contributed by atoms with Crippen LogP contribution in [0, 0.1) is 6.92 Å². The summed E-state index contributed by atoms with van der Waals surface area (Å²) in [4.78, 5) is 25.8. The molecule has 0 fully saturated rings. The SMILES string of the molecule is C=Cn1c(=O)c(-c2ccc(OC)nc2)cc2c(C)nc(NC)nc21. The summed E-state index contributed by atoms with van der Waals surface area (Å²) in [5.74, 6) is 0.940. The van der Waals surface area contributed by atoms with Gasteiger partial charge in [-0.1, -0.05) is 6.58 Å². The van der Waals surface area contributed by atoms with Crippen molar-refractivity contribution in [2.45, 2.75) is 6.92 Å². The fourth-order valence-corrected chi connectivity index (χ4v) is 2.50. The molecule has 0 bridgehead atoms. The van der Waals surface area contributed by atoms with Crippen molar-refractivity contribution in [1.82, 2.24) is 19.5 Å². The first kappa shape index (κ1) is 15.7. The van der Waals surface area contributed by atoms with Gasteiger partial charge in [0.1, 0.15) is 0 Å². The fraction of sp³-hybridized carbons (Fsp3) is 0.176. The predicted molar refractivity (Wildman–Crippen MR) is 94.3 cm³/mol. The highest BCUT2D eigenvalue weighted by molar-refractivity contribution is 5.85. The summed E-state index contributed by atoms with van der Waals surface area (Å²) in [6, 6.07) is 5.29. The first-order valence-corrected chi connectivity index (χ1v) is 7.33. The van der Waals surface area contributed by atoms with Crippen molar-refractivity contribution in [2.24, 2.45) is 0 Å². The summed E-state index contributed by atoms with van der Waals surface area (Å²) >= 11 is 0. The number of fused-ring (bicyclic) bond motifs is 1. The van der Waals surface area contributed by atoms with E-state index in [1.54, 1.807) is 38.6 Å². The van der Waals surface area contributed by atoms with Gasteiger partial charge in [-0.3, -0.25) is 9.36 Å². The molecule has 0 aliphatic rings. The molecule has 0 amide bonds. The minimum absolute atomic E-state index is 0.218. The Labute approximate surface area is 138 Å². The predicted octanol–water partition coefficient (Wildman–Crippen LogP) is 2.31. The van der Waals surface area contributed by atoms with Gasteiger partial charge in [-0.05, 0) is 19.1 Å². The zero-order valence-electron chi connectivity index (χ0n) is 13.7. The normalized spacial score (nSPS) is 10.6. The van der Waals surface area contributed by atoms with Gasteiger partial charge in [0, 0.05) is 42.0 Å². The standard InChI is InChI=1S/C17H17N5O2/c1-5-22-15-12(10(2)20-17(18-3)21-15)8-13(16(22)23)11-6-7-14(24-4)19-9-11/h5-9H,1H2,2-4H3,(H,18,20,21). The van der Waals surface area contributed by atoms with E-state index in [-0.39, 0.29) is 5.56 Å². The van der Waals surface area contributed by atoms with E-state index >= 15 is 0 Å². The van der Waals surface area contributed by atoms with Crippen molar-refractivity contribution in [3.05, 3.63) is 47.0 Å². The van der Waals surface area contributed by atoms with Gasteiger partial charge < -0.3 is 10.1 Å². The number of aryl methyl sites for hydroxylation is 1. The Morgan fingerprint density at radius 3 is 2.71 bits per heavy atom. The van der Waals surface area contributed by atoms with Crippen molar-refractivity contribution in [1.29, 1.82) is 0 Å². The van der Waals surface area contributed by atoms with Crippen LogP contribution in [0.2, 0.25) is 0 Å². The Bertz CT molecular complexity index is 977. The highest BCUT2D eigenvalue weighted by Gasteiger charge is 2.14. The minimum atomic E-state index is -0.218. The molecule has 24 heavy (non-hydrogen) atoms. The van der Waals surface area contributed by atoms with E-state index in [1.807, 2.05) is 6.92 Å². The third-order valence-electron chi connectivity index (χ3n) is 3.74. The molecule has 0 aromatic carbocycles. The Balaban J connectivity index is 2.33. The van der Waals surface area contributed by atoms with E-state index in [2.05, 4.69) is 26.8 Å². The van der Waals surface area contributed by atoms with Crippen molar-refractivity contribution in [3.63, 3.8) is 0 Å². The maximum atomic E-state index is 12.8. The lowest BCUT2D eigenvalue weighted by molar-refractivity contribution is 0.398. The van der Waals surface area contributed by atoms with Crippen molar-refractivity contribution < 1.29 is 4.74 Å². The molecule has 0 unspecified atom stereocenters. The number of nitrogens with one attached hydrogen (secondary N) is 1. The fourth-order valence-electron chi connectivity index (χ4n) is 2.50. The lowest BCUT2D eigenvalue weighted by Gasteiger charge is -2.11. The van der Waals surface area contributed by atoms with Crippen molar-refractivity contribution in [3.8, 4) is 17.0 Å². The van der Waals surface area contributed by atoms with Crippen LogP contribution in [0.3, 0.4) is 0 Å². The second-order valence-corrected chi connectivity index (χ2v) is 5.12. The van der Waals surface area contributed by atoms with Gasteiger partial charge in [-0.2, -0.15) is 4.98 Å². The molecule has 7 nitrogen and oxygen atoms in total. The van der Waals surface area contributed by atoms with Crippen LogP contribution in [0.15, 0.2) is 35.8 Å². The average Bonchev–Trinajstić information content (AvgIpc) is 2.61. The molecule has 3 aromatic rings. The molecule has 0 aliphatic carbocycles. The first-order chi connectivity index (χ1) is 11.6. The number of ether oxygens (including phenoxy) is 1. The Hall–Kier alpha value is -3.22. The molecule has 3 aromatic heterocycles. The smallest absolute Gasteiger partial charge is 0.264 e. The molecule has 0 aliphatic heterocycles. The quantitative estimate of drug-likeness (QED) is 0.793. The Morgan fingerprint density at radius 2 is 2.12 bits per heavy atom. The van der Waals surface area contributed by atoms with Gasteiger partial charge in [0.15, 0.2) is 5.65 Å². The molecule has 122 valence electrons. The van der Waals surface area contributed by atoms with Crippen molar-refractivity contribution >= 4 is 23.2 Å². The molecule has 0 saturated carbocycles. The number of hydrogen-bond donors (Lipinski definition) is 1. The number of hydrogen-bond acceptors (Lipinski definition) is 6. The maximum absolute atomic E-state index is 12.8. The second kappa shape index (κ2) is 6.11. The molecular weight excluding hydrogens is 306 g/mol.